The summed E-state index contributed by atoms with van der Waals surface area (Å²) in [5.74, 6) is -2.08. The number of carbonyl (C=O) groups is 2. The van der Waals surface area contributed by atoms with E-state index in [-0.39, 0.29) is 17.6 Å². The molecule has 1 aromatic rings. The molecule has 0 unspecified atom stereocenters. The van der Waals surface area contributed by atoms with Crippen molar-refractivity contribution in [2.75, 3.05) is 19.6 Å². The van der Waals surface area contributed by atoms with E-state index in [0.29, 0.717) is 25.9 Å². The van der Waals surface area contributed by atoms with Gasteiger partial charge in [-0.2, -0.15) is 0 Å². The lowest BCUT2D eigenvalue weighted by atomic mass is 10.3. The number of nitrogens with one attached hydrogen (secondary N) is 1. The summed E-state index contributed by atoms with van der Waals surface area (Å²) in [7, 11) is 0. The molecule has 5 nitrogen and oxygen atoms in total. The molecule has 1 aromatic carbocycles. The Kier molecular flexibility index (Phi) is 5.90. The highest BCUT2D eigenvalue weighted by Gasteiger charge is 2.19. The third-order valence-electron chi connectivity index (χ3n) is 3.65. The lowest BCUT2D eigenvalue weighted by molar-refractivity contribution is -0.127. The van der Waals surface area contributed by atoms with Crippen LogP contribution < -0.4 is 10.1 Å². The van der Waals surface area contributed by atoms with Gasteiger partial charge in [0.15, 0.2) is 17.7 Å². The molecular formula is C16H20F2N2O3. The van der Waals surface area contributed by atoms with Crippen LogP contribution in [0.1, 0.15) is 26.2 Å². The topological polar surface area (TPSA) is 58.6 Å². The van der Waals surface area contributed by atoms with Gasteiger partial charge >= 0.3 is 0 Å². The van der Waals surface area contributed by atoms with Crippen molar-refractivity contribution in [1.82, 2.24) is 10.2 Å². The third kappa shape index (κ3) is 4.91. The Bertz CT molecular complexity index is 580. The van der Waals surface area contributed by atoms with Gasteiger partial charge in [-0.1, -0.05) is 0 Å². The molecule has 0 saturated carbocycles. The van der Waals surface area contributed by atoms with Crippen LogP contribution in [0.25, 0.3) is 0 Å². The monoisotopic (exact) mass is 326 g/mol. The van der Waals surface area contributed by atoms with Crippen molar-refractivity contribution in [3.8, 4) is 5.75 Å². The molecule has 1 heterocycles. The fourth-order valence-electron chi connectivity index (χ4n) is 2.37. The van der Waals surface area contributed by atoms with Gasteiger partial charge in [0.2, 0.25) is 5.91 Å². The van der Waals surface area contributed by atoms with Crippen LogP contribution in [0.2, 0.25) is 0 Å². The van der Waals surface area contributed by atoms with E-state index in [1.807, 2.05) is 0 Å². The van der Waals surface area contributed by atoms with Crippen LogP contribution in [0.3, 0.4) is 0 Å². The van der Waals surface area contributed by atoms with Gasteiger partial charge in [0, 0.05) is 32.1 Å². The maximum absolute atomic E-state index is 13.1. The van der Waals surface area contributed by atoms with Crippen molar-refractivity contribution in [3.63, 3.8) is 0 Å². The van der Waals surface area contributed by atoms with E-state index >= 15 is 0 Å². The van der Waals surface area contributed by atoms with Crippen LogP contribution in [0.5, 0.6) is 5.75 Å². The van der Waals surface area contributed by atoms with Crippen molar-refractivity contribution in [1.29, 1.82) is 0 Å². The summed E-state index contributed by atoms with van der Waals surface area (Å²) in [6.07, 6.45) is 1.33. The second-order valence-corrected chi connectivity index (χ2v) is 5.46. The summed E-state index contributed by atoms with van der Waals surface area (Å²) in [5, 5.41) is 2.70. The number of rotatable bonds is 7. The summed E-state index contributed by atoms with van der Waals surface area (Å²) in [5.41, 5.74) is 0. The summed E-state index contributed by atoms with van der Waals surface area (Å²) in [4.78, 5) is 25.1. The Morgan fingerprint density at radius 2 is 2.17 bits per heavy atom. The standard InChI is InChI=1S/C16H20F2N2O3/c1-11(23-12-5-6-13(17)14(18)10-12)16(22)19-7-3-9-20-8-2-4-15(20)21/h5-6,10-11H,2-4,7-9H2,1H3,(H,19,22)/t11-/m1/s1. The molecule has 7 heteroatoms. The smallest absolute Gasteiger partial charge is 0.260 e. The number of hydrogen-bond acceptors (Lipinski definition) is 3. The molecule has 2 amide bonds. The van der Waals surface area contributed by atoms with E-state index in [1.54, 1.807) is 4.90 Å². The Balaban J connectivity index is 1.70. The highest BCUT2D eigenvalue weighted by Crippen LogP contribution is 2.16. The van der Waals surface area contributed by atoms with Gasteiger partial charge in [0.25, 0.3) is 5.91 Å². The number of amides is 2. The highest BCUT2D eigenvalue weighted by molar-refractivity contribution is 5.80. The normalized spacial score (nSPS) is 15.6. The number of ether oxygens (including phenoxy) is 1. The van der Waals surface area contributed by atoms with Gasteiger partial charge in [-0.05, 0) is 31.9 Å². The minimum Gasteiger partial charge on any atom is -0.481 e. The molecule has 0 radical (unpaired) electrons. The van der Waals surface area contributed by atoms with Crippen molar-refractivity contribution >= 4 is 11.8 Å². The fourth-order valence-corrected chi connectivity index (χ4v) is 2.37. The highest BCUT2D eigenvalue weighted by atomic mass is 19.2. The maximum atomic E-state index is 13.1. The molecule has 126 valence electrons. The number of likely N-dealkylation sites (tertiary alicyclic amines) is 1. The molecule has 0 spiro atoms. The van der Waals surface area contributed by atoms with Gasteiger partial charge in [0.1, 0.15) is 5.75 Å². The van der Waals surface area contributed by atoms with E-state index in [9.17, 15) is 18.4 Å². The van der Waals surface area contributed by atoms with Crippen molar-refractivity contribution < 1.29 is 23.1 Å². The van der Waals surface area contributed by atoms with E-state index in [0.717, 1.165) is 25.1 Å². The molecule has 2 rings (SSSR count). The van der Waals surface area contributed by atoms with E-state index in [2.05, 4.69) is 5.32 Å². The molecule has 1 saturated heterocycles. The maximum Gasteiger partial charge on any atom is 0.260 e. The molecular weight excluding hydrogens is 306 g/mol. The third-order valence-corrected chi connectivity index (χ3v) is 3.65. The summed E-state index contributed by atoms with van der Waals surface area (Å²) < 4.78 is 31.2. The van der Waals surface area contributed by atoms with Crippen molar-refractivity contribution in [3.05, 3.63) is 29.8 Å². The summed E-state index contributed by atoms with van der Waals surface area (Å²) >= 11 is 0. The fraction of sp³-hybridized carbons (Fsp3) is 0.500. The molecule has 0 bridgehead atoms. The lowest BCUT2D eigenvalue weighted by Gasteiger charge is -2.17. The van der Waals surface area contributed by atoms with Crippen molar-refractivity contribution in [2.45, 2.75) is 32.3 Å². The van der Waals surface area contributed by atoms with E-state index < -0.39 is 17.7 Å². The Hall–Kier alpha value is -2.18. The lowest BCUT2D eigenvalue weighted by Crippen LogP contribution is -2.38. The largest absolute Gasteiger partial charge is 0.481 e. The zero-order valence-electron chi connectivity index (χ0n) is 13.0. The van der Waals surface area contributed by atoms with Gasteiger partial charge in [-0.25, -0.2) is 8.78 Å². The molecule has 1 fully saturated rings. The molecule has 1 N–H and O–H groups in total. The molecule has 1 aliphatic rings. The van der Waals surface area contributed by atoms with Gasteiger partial charge in [0.05, 0.1) is 0 Å². The SMILES string of the molecule is C[C@@H](Oc1ccc(F)c(F)c1)C(=O)NCCCN1CCCC1=O. The first-order valence-corrected chi connectivity index (χ1v) is 7.64. The molecule has 1 atom stereocenters. The van der Waals surface area contributed by atoms with Crippen LogP contribution in [-0.4, -0.2) is 42.5 Å². The second kappa shape index (κ2) is 7.89. The minimum atomic E-state index is -1.02. The Labute approximate surface area is 133 Å². The molecule has 1 aliphatic heterocycles. The van der Waals surface area contributed by atoms with Crippen LogP contribution in [-0.2, 0) is 9.59 Å². The second-order valence-electron chi connectivity index (χ2n) is 5.46. The van der Waals surface area contributed by atoms with Crippen LogP contribution in [0.4, 0.5) is 8.78 Å². The predicted octanol–water partition coefficient (Wildman–Crippen LogP) is 1.86. The van der Waals surface area contributed by atoms with Gasteiger partial charge in [-0.3, -0.25) is 9.59 Å². The molecule has 0 aliphatic carbocycles. The minimum absolute atomic E-state index is 0.0919. The first kappa shape index (κ1) is 17.2. The number of carbonyl (C=O) groups excluding carboxylic acids is 2. The van der Waals surface area contributed by atoms with Crippen LogP contribution in [0.15, 0.2) is 18.2 Å². The number of halogens is 2. The van der Waals surface area contributed by atoms with Gasteiger partial charge < -0.3 is 15.0 Å². The molecule has 0 aromatic heterocycles. The predicted molar refractivity (Wildman–Crippen MR) is 79.9 cm³/mol. The Morgan fingerprint density at radius 3 is 2.83 bits per heavy atom. The summed E-state index contributed by atoms with van der Waals surface area (Å²) in [6, 6.07) is 3.11. The van der Waals surface area contributed by atoms with E-state index in [1.165, 1.54) is 13.0 Å². The Morgan fingerprint density at radius 1 is 1.39 bits per heavy atom. The molecule has 23 heavy (non-hydrogen) atoms. The first-order valence-electron chi connectivity index (χ1n) is 7.64. The summed E-state index contributed by atoms with van der Waals surface area (Å²) in [6.45, 7) is 3.36. The van der Waals surface area contributed by atoms with Gasteiger partial charge in [-0.15, -0.1) is 0 Å². The number of nitrogens with zero attached hydrogens (tertiary/aromatic N) is 1. The average Bonchev–Trinajstić information content (AvgIpc) is 2.92. The number of hydrogen-bond donors (Lipinski definition) is 1. The average molecular weight is 326 g/mol. The van der Waals surface area contributed by atoms with Crippen LogP contribution >= 0.6 is 0 Å². The zero-order chi connectivity index (χ0) is 16.8. The van der Waals surface area contributed by atoms with E-state index in [4.69, 9.17) is 4.74 Å². The number of benzene rings is 1. The zero-order valence-corrected chi connectivity index (χ0v) is 13.0. The van der Waals surface area contributed by atoms with Crippen molar-refractivity contribution in [2.24, 2.45) is 0 Å². The quantitative estimate of drug-likeness (QED) is 0.778. The first-order chi connectivity index (χ1) is 11.0. The van der Waals surface area contributed by atoms with Crippen LogP contribution in [0, 0.1) is 11.6 Å².